The summed E-state index contributed by atoms with van der Waals surface area (Å²) >= 11 is 0. The second kappa shape index (κ2) is 11.4. The van der Waals surface area contributed by atoms with Gasteiger partial charge in [0.05, 0.1) is 20.6 Å². The van der Waals surface area contributed by atoms with Crippen LogP contribution in [0.2, 0.25) is 0 Å². The summed E-state index contributed by atoms with van der Waals surface area (Å²) in [6.45, 7) is 3.83. The van der Waals surface area contributed by atoms with E-state index >= 15 is 0 Å². The Hall–Kier alpha value is -2.79. The van der Waals surface area contributed by atoms with Crippen LogP contribution in [0.15, 0.2) is 60.2 Å². The first-order valence-electron chi connectivity index (χ1n) is 10.6. The molecule has 3 rings (SSSR count). The van der Waals surface area contributed by atoms with E-state index in [9.17, 15) is 4.79 Å². The molecule has 0 unspecified atom stereocenters. The third kappa shape index (κ3) is 6.63. The summed E-state index contributed by atoms with van der Waals surface area (Å²) in [5, 5.41) is 3.03. The van der Waals surface area contributed by atoms with Gasteiger partial charge < -0.3 is 14.8 Å². The zero-order valence-corrected chi connectivity index (χ0v) is 18.0. The summed E-state index contributed by atoms with van der Waals surface area (Å²) < 4.78 is 10.5. The lowest BCUT2D eigenvalue weighted by Gasteiger charge is -2.26. The molecule has 0 aromatic heterocycles. The van der Waals surface area contributed by atoms with Crippen LogP contribution in [0.3, 0.4) is 0 Å². The number of carbonyl (C=O) groups is 1. The Morgan fingerprint density at radius 1 is 1.03 bits per heavy atom. The zero-order chi connectivity index (χ0) is 21.2. The van der Waals surface area contributed by atoms with E-state index in [1.165, 1.54) is 11.1 Å². The van der Waals surface area contributed by atoms with Crippen LogP contribution in [0, 0.1) is 0 Å². The quantitative estimate of drug-likeness (QED) is 0.477. The monoisotopic (exact) mass is 408 g/mol. The first kappa shape index (κ1) is 21.9. The molecule has 0 radical (unpaired) electrons. The fourth-order valence-corrected chi connectivity index (χ4v) is 3.75. The number of methoxy groups -OCH3 is 2. The van der Waals surface area contributed by atoms with Crippen molar-refractivity contribution >= 4 is 5.91 Å². The highest BCUT2D eigenvalue weighted by Crippen LogP contribution is 2.27. The number of amides is 1. The van der Waals surface area contributed by atoms with Gasteiger partial charge in [-0.3, -0.25) is 9.69 Å². The molecule has 0 atom stereocenters. The fraction of sp³-hybridized carbons (Fsp3) is 0.400. The molecule has 0 saturated heterocycles. The third-order valence-corrected chi connectivity index (χ3v) is 5.45. The van der Waals surface area contributed by atoms with Crippen molar-refractivity contribution in [2.24, 2.45) is 0 Å². The Bertz CT molecular complexity index is 849. The molecule has 1 N–H and O–H groups in total. The van der Waals surface area contributed by atoms with Crippen molar-refractivity contribution < 1.29 is 14.3 Å². The number of hydrogen-bond acceptors (Lipinski definition) is 4. The van der Waals surface area contributed by atoms with Crippen molar-refractivity contribution in [3.05, 3.63) is 71.3 Å². The van der Waals surface area contributed by atoms with Crippen LogP contribution in [0.25, 0.3) is 0 Å². The van der Waals surface area contributed by atoms with Crippen LogP contribution >= 0.6 is 0 Å². The standard InChI is InChI=1S/C25H32N2O3/c1-29-23-11-10-22(17-24(23)30-2)18-25(28)26-14-6-9-20-12-15-27(16-13-20)19-21-7-4-3-5-8-21/h3-5,7-8,10-12,17H,6,9,13-16,18-19H2,1-2H3,(H,26,28). The molecule has 0 saturated carbocycles. The number of carbonyl (C=O) groups excluding carboxylic acids is 1. The minimum absolute atomic E-state index is 0.0360. The predicted octanol–water partition coefficient (Wildman–Crippen LogP) is 3.98. The maximum Gasteiger partial charge on any atom is 0.224 e. The minimum atomic E-state index is 0.0360. The van der Waals surface area contributed by atoms with Gasteiger partial charge in [-0.1, -0.05) is 48.0 Å². The lowest BCUT2D eigenvalue weighted by Crippen LogP contribution is -2.29. The van der Waals surface area contributed by atoms with Crippen molar-refractivity contribution in [2.75, 3.05) is 33.9 Å². The Kier molecular flexibility index (Phi) is 8.33. The van der Waals surface area contributed by atoms with Gasteiger partial charge in [0.15, 0.2) is 11.5 Å². The van der Waals surface area contributed by atoms with Gasteiger partial charge in [-0.2, -0.15) is 0 Å². The lowest BCUT2D eigenvalue weighted by atomic mass is 10.0. The molecule has 5 heteroatoms. The number of nitrogens with one attached hydrogen (secondary N) is 1. The largest absolute Gasteiger partial charge is 0.493 e. The first-order chi connectivity index (χ1) is 14.7. The van der Waals surface area contributed by atoms with E-state index in [0.717, 1.165) is 44.5 Å². The number of nitrogens with zero attached hydrogens (tertiary/aromatic N) is 1. The van der Waals surface area contributed by atoms with Crippen LogP contribution in [-0.4, -0.2) is 44.7 Å². The first-order valence-corrected chi connectivity index (χ1v) is 10.6. The van der Waals surface area contributed by atoms with E-state index in [0.29, 0.717) is 24.5 Å². The molecule has 1 heterocycles. The van der Waals surface area contributed by atoms with Crippen molar-refractivity contribution in [2.45, 2.75) is 32.2 Å². The van der Waals surface area contributed by atoms with Gasteiger partial charge in [0.1, 0.15) is 0 Å². The SMILES string of the molecule is COc1ccc(CC(=O)NCCCC2=CCN(Cc3ccccc3)CC2)cc1OC. The zero-order valence-electron chi connectivity index (χ0n) is 18.0. The van der Waals surface area contributed by atoms with Gasteiger partial charge >= 0.3 is 0 Å². The van der Waals surface area contributed by atoms with Gasteiger partial charge in [0.25, 0.3) is 0 Å². The van der Waals surface area contributed by atoms with Crippen LogP contribution in [0.1, 0.15) is 30.4 Å². The van der Waals surface area contributed by atoms with Crippen LogP contribution in [-0.2, 0) is 17.8 Å². The van der Waals surface area contributed by atoms with Crippen molar-refractivity contribution in [3.63, 3.8) is 0 Å². The van der Waals surface area contributed by atoms with E-state index in [4.69, 9.17) is 9.47 Å². The van der Waals surface area contributed by atoms with Gasteiger partial charge in [-0.05, 0) is 42.5 Å². The summed E-state index contributed by atoms with van der Waals surface area (Å²) in [6, 6.07) is 16.2. The number of rotatable bonds is 10. The van der Waals surface area contributed by atoms with E-state index in [-0.39, 0.29) is 5.91 Å². The molecule has 30 heavy (non-hydrogen) atoms. The molecular weight excluding hydrogens is 376 g/mol. The number of benzene rings is 2. The maximum absolute atomic E-state index is 12.2. The predicted molar refractivity (Wildman–Crippen MR) is 120 cm³/mol. The minimum Gasteiger partial charge on any atom is -0.493 e. The van der Waals surface area contributed by atoms with Crippen molar-refractivity contribution in [3.8, 4) is 11.5 Å². The highest BCUT2D eigenvalue weighted by Gasteiger charge is 2.12. The molecule has 0 bridgehead atoms. The highest BCUT2D eigenvalue weighted by molar-refractivity contribution is 5.78. The molecule has 0 fully saturated rings. The topological polar surface area (TPSA) is 50.8 Å². The molecule has 1 aliphatic rings. The highest BCUT2D eigenvalue weighted by atomic mass is 16.5. The van der Waals surface area contributed by atoms with Gasteiger partial charge in [0, 0.05) is 26.2 Å². The van der Waals surface area contributed by atoms with Gasteiger partial charge in [-0.15, -0.1) is 0 Å². The fourth-order valence-electron chi connectivity index (χ4n) is 3.75. The summed E-state index contributed by atoms with van der Waals surface area (Å²) in [6.07, 6.45) is 5.85. The third-order valence-electron chi connectivity index (χ3n) is 5.45. The average Bonchev–Trinajstić information content (AvgIpc) is 2.78. The molecule has 5 nitrogen and oxygen atoms in total. The number of ether oxygens (including phenoxy) is 2. The molecule has 0 spiro atoms. The normalized spacial score (nSPS) is 14.1. The van der Waals surface area contributed by atoms with E-state index in [1.54, 1.807) is 14.2 Å². The molecule has 0 aliphatic carbocycles. The van der Waals surface area contributed by atoms with E-state index in [1.807, 2.05) is 18.2 Å². The summed E-state index contributed by atoms with van der Waals surface area (Å²) in [5.74, 6) is 1.35. The van der Waals surface area contributed by atoms with Crippen molar-refractivity contribution in [1.82, 2.24) is 10.2 Å². The molecular formula is C25H32N2O3. The van der Waals surface area contributed by atoms with Crippen LogP contribution in [0.4, 0.5) is 0 Å². The molecule has 2 aromatic rings. The van der Waals surface area contributed by atoms with Crippen LogP contribution in [0.5, 0.6) is 11.5 Å². The van der Waals surface area contributed by atoms with E-state index in [2.05, 4.69) is 46.6 Å². The van der Waals surface area contributed by atoms with E-state index < -0.39 is 0 Å². The Balaban J connectivity index is 1.34. The van der Waals surface area contributed by atoms with Gasteiger partial charge in [0.2, 0.25) is 5.91 Å². The lowest BCUT2D eigenvalue weighted by molar-refractivity contribution is -0.120. The summed E-state index contributed by atoms with van der Waals surface area (Å²) in [4.78, 5) is 14.7. The Morgan fingerprint density at radius 3 is 2.53 bits per heavy atom. The second-order valence-electron chi connectivity index (χ2n) is 7.65. The smallest absolute Gasteiger partial charge is 0.224 e. The maximum atomic E-state index is 12.2. The summed E-state index contributed by atoms with van der Waals surface area (Å²) in [7, 11) is 3.20. The Morgan fingerprint density at radius 2 is 1.83 bits per heavy atom. The number of hydrogen-bond donors (Lipinski definition) is 1. The van der Waals surface area contributed by atoms with Crippen molar-refractivity contribution in [1.29, 1.82) is 0 Å². The van der Waals surface area contributed by atoms with Crippen LogP contribution < -0.4 is 14.8 Å². The second-order valence-corrected chi connectivity index (χ2v) is 7.65. The summed E-state index contributed by atoms with van der Waals surface area (Å²) in [5.41, 5.74) is 3.79. The average molecular weight is 409 g/mol. The molecule has 1 aliphatic heterocycles. The van der Waals surface area contributed by atoms with Gasteiger partial charge in [-0.25, -0.2) is 0 Å². The molecule has 160 valence electrons. The molecule has 2 aromatic carbocycles. The Labute approximate surface area is 179 Å². The molecule has 1 amide bonds.